The van der Waals surface area contributed by atoms with E-state index >= 15 is 0 Å². The quantitative estimate of drug-likeness (QED) is 0.670. The van der Waals surface area contributed by atoms with Crippen LogP contribution in [0.4, 0.5) is 0 Å². The van der Waals surface area contributed by atoms with Crippen molar-refractivity contribution in [2.24, 2.45) is 17.3 Å². The van der Waals surface area contributed by atoms with Crippen LogP contribution in [0.5, 0.6) is 0 Å². The van der Waals surface area contributed by atoms with Gasteiger partial charge in [-0.15, -0.1) is 0 Å². The molecule has 2 N–H and O–H groups in total. The average Bonchev–Trinajstić information content (AvgIpc) is 2.60. The van der Waals surface area contributed by atoms with Crippen LogP contribution in [-0.4, -0.2) is 22.2 Å². The van der Waals surface area contributed by atoms with Crippen LogP contribution in [0.25, 0.3) is 0 Å². The molecule has 2 bridgehead atoms. The van der Waals surface area contributed by atoms with Gasteiger partial charge in [-0.2, -0.15) is 0 Å². The van der Waals surface area contributed by atoms with E-state index in [2.05, 4.69) is 0 Å². The number of carbonyl (C=O) groups is 2. The highest BCUT2D eigenvalue weighted by Crippen LogP contribution is 2.57. The van der Waals surface area contributed by atoms with Gasteiger partial charge < -0.3 is 10.2 Å². The van der Waals surface area contributed by atoms with Crippen LogP contribution in [0.3, 0.4) is 0 Å². The van der Waals surface area contributed by atoms with Crippen LogP contribution in [-0.2, 0) is 9.59 Å². The van der Waals surface area contributed by atoms with Gasteiger partial charge in [0.15, 0.2) is 0 Å². The topological polar surface area (TPSA) is 74.6 Å². The van der Waals surface area contributed by atoms with Gasteiger partial charge in [0.05, 0.1) is 11.3 Å². The van der Waals surface area contributed by atoms with Crippen LogP contribution in [0.15, 0.2) is 0 Å². The Kier molecular flexibility index (Phi) is 1.62. The molecule has 0 heterocycles. The molecule has 4 nitrogen and oxygen atoms in total. The summed E-state index contributed by atoms with van der Waals surface area (Å²) in [6, 6.07) is 0. The normalized spacial score (nSPS) is 42.2. The van der Waals surface area contributed by atoms with E-state index in [1.54, 1.807) is 0 Å². The molecule has 0 spiro atoms. The van der Waals surface area contributed by atoms with Crippen molar-refractivity contribution >= 4 is 11.9 Å². The Bertz CT molecular complexity index is 273. The molecule has 2 fully saturated rings. The standard InChI is InChI=1S/C9H12O4/c10-7(11)6-3-5-1-2-9(6,4-5)8(12)13/h5-6H,1-4H2,(H,10,11)(H,12,13). The fourth-order valence-electron chi connectivity index (χ4n) is 2.94. The van der Waals surface area contributed by atoms with Crippen molar-refractivity contribution in [1.29, 1.82) is 0 Å². The number of fused-ring (bicyclic) bond motifs is 2. The van der Waals surface area contributed by atoms with E-state index in [4.69, 9.17) is 10.2 Å². The maximum absolute atomic E-state index is 11.0. The lowest BCUT2D eigenvalue weighted by Crippen LogP contribution is -2.38. The zero-order valence-electron chi connectivity index (χ0n) is 7.19. The van der Waals surface area contributed by atoms with E-state index in [-0.39, 0.29) is 0 Å². The van der Waals surface area contributed by atoms with E-state index in [1.165, 1.54) is 0 Å². The summed E-state index contributed by atoms with van der Waals surface area (Å²) in [7, 11) is 0. The molecule has 2 saturated carbocycles. The first kappa shape index (κ1) is 8.53. The van der Waals surface area contributed by atoms with Crippen molar-refractivity contribution in [3.8, 4) is 0 Å². The maximum Gasteiger partial charge on any atom is 0.310 e. The summed E-state index contributed by atoms with van der Waals surface area (Å²) in [6.45, 7) is 0. The predicted molar refractivity (Wildman–Crippen MR) is 43.2 cm³/mol. The minimum Gasteiger partial charge on any atom is -0.481 e. The molecule has 2 rings (SSSR count). The Morgan fingerprint density at radius 1 is 1.31 bits per heavy atom. The molecule has 0 radical (unpaired) electrons. The Morgan fingerprint density at radius 3 is 2.38 bits per heavy atom. The van der Waals surface area contributed by atoms with Crippen molar-refractivity contribution < 1.29 is 19.8 Å². The Hall–Kier alpha value is -1.06. The molecule has 3 atom stereocenters. The lowest BCUT2D eigenvalue weighted by atomic mass is 9.75. The van der Waals surface area contributed by atoms with E-state index in [9.17, 15) is 9.59 Å². The van der Waals surface area contributed by atoms with Crippen molar-refractivity contribution in [3.05, 3.63) is 0 Å². The van der Waals surface area contributed by atoms with Gasteiger partial charge in [-0.1, -0.05) is 0 Å². The highest BCUT2D eigenvalue weighted by atomic mass is 16.4. The summed E-state index contributed by atoms with van der Waals surface area (Å²) in [5.74, 6) is -2.18. The van der Waals surface area contributed by atoms with Gasteiger partial charge in [0.25, 0.3) is 0 Å². The first-order valence-corrected chi connectivity index (χ1v) is 4.52. The molecule has 0 saturated heterocycles. The monoisotopic (exact) mass is 184 g/mol. The van der Waals surface area contributed by atoms with Crippen LogP contribution in [0.2, 0.25) is 0 Å². The summed E-state index contributed by atoms with van der Waals surface area (Å²) in [5, 5.41) is 17.9. The third-order valence-corrected chi connectivity index (χ3v) is 3.61. The summed E-state index contributed by atoms with van der Waals surface area (Å²) in [5.41, 5.74) is -0.934. The SMILES string of the molecule is O=C(O)C1CC2CCC1(C(=O)O)C2. The maximum atomic E-state index is 11.0. The Balaban J connectivity index is 2.32. The van der Waals surface area contributed by atoms with Gasteiger partial charge in [-0.05, 0) is 31.6 Å². The Morgan fingerprint density at radius 2 is 2.00 bits per heavy atom. The third kappa shape index (κ3) is 0.975. The molecule has 0 amide bonds. The number of rotatable bonds is 2. The number of aliphatic carboxylic acids is 2. The fraction of sp³-hybridized carbons (Fsp3) is 0.778. The van der Waals surface area contributed by atoms with Gasteiger partial charge in [-0.3, -0.25) is 9.59 Å². The molecule has 2 aliphatic rings. The first-order valence-electron chi connectivity index (χ1n) is 4.52. The second-order valence-corrected chi connectivity index (χ2v) is 4.20. The number of hydrogen-bond acceptors (Lipinski definition) is 2. The molecular formula is C9H12O4. The van der Waals surface area contributed by atoms with E-state index in [0.29, 0.717) is 25.2 Å². The fourth-order valence-corrected chi connectivity index (χ4v) is 2.94. The largest absolute Gasteiger partial charge is 0.481 e. The highest BCUT2D eigenvalue weighted by molar-refractivity contribution is 5.84. The molecular weight excluding hydrogens is 172 g/mol. The number of carboxylic acid groups (broad SMARTS) is 2. The van der Waals surface area contributed by atoms with Crippen molar-refractivity contribution in [2.75, 3.05) is 0 Å². The van der Waals surface area contributed by atoms with Crippen molar-refractivity contribution in [1.82, 2.24) is 0 Å². The zero-order valence-corrected chi connectivity index (χ0v) is 7.19. The summed E-state index contributed by atoms with van der Waals surface area (Å²) < 4.78 is 0. The third-order valence-electron chi connectivity index (χ3n) is 3.61. The Labute approximate surface area is 75.6 Å². The van der Waals surface area contributed by atoms with Crippen LogP contribution < -0.4 is 0 Å². The molecule has 0 aromatic rings. The van der Waals surface area contributed by atoms with Crippen molar-refractivity contribution in [2.45, 2.75) is 25.7 Å². The zero-order chi connectivity index (χ0) is 9.64. The molecule has 0 aromatic heterocycles. The summed E-state index contributed by atoms with van der Waals surface area (Å²) in [4.78, 5) is 21.9. The van der Waals surface area contributed by atoms with Gasteiger partial charge in [-0.25, -0.2) is 0 Å². The minimum absolute atomic E-state index is 0.331. The van der Waals surface area contributed by atoms with Gasteiger partial charge in [0, 0.05) is 0 Å². The lowest BCUT2D eigenvalue weighted by molar-refractivity contribution is -0.160. The molecule has 0 aliphatic heterocycles. The second kappa shape index (κ2) is 2.47. The van der Waals surface area contributed by atoms with E-state index < -0.39 is 23.3 Å². The van der Waals surface area contributed by atoms with Crippen LogP contribution in [0.1, 0.15) is 25.7 Å². The van der Waals surface area contributed by atoms with E-state index in [1.807, 2.05) is 0 Å². The molecule has 3 unspecified atom stereocenters. The van der Waals surface area contributed by atoms with E-state index in [0.717, 1.165) is 6.42 Å². The summed E-state index contributed by atoms with van der Waals surface area (Å²) in [6.07, 6.45) is 2.56. The van der Waals surface area contributed by atoms with Gasteiger partial charge in [0.1, 0.15) is 0 Å². The average molecular weight is 184 g/mol. The predicted octanol–water partition coefficient (Wildman–Crippen LogP) is 0.962. The smallest absolute Gasteiger partial charge is 0.310 e. The lowest BCUT2D eigenvalue weighted by Gasteiger charge is -2.27. The number of carboxylic acids is 2. The molecule has 0 aromatic carbocycles. The van der Waals surface area contributed by atoms with Gasteiger partial charge >= 0.3 is 11.9 Å². The second-order valence-electron chi connectivity index (χ2n) is 4.20. The number of hydrogen-bond donors (Lipinski definition) is 2. The summed E-state index contributed by atoms with van der Waals surface area (Å²) >= 11 is 0. The van der Waals surface area contributed by atoms with Crippen LogP contribution >= 0.6 is 0 Å². The highest BCUT2D eigenvalue weighted by Gasteiger charge is 2.59. The van der Waals surface area contributed by atoms with Gasteiger partial charge in [0.2, 0.25) is 0 Å². The molecule has 13 heavy (non-hydrogen) atoms. The molecule has 2 aliphatic carbocycles. The minimum atomic E-state index is -0.940. The first-order chi connectivity index (χ1) is 6.06. The molecule has 4 heteroatoms. The molecule has 72 valence electrons. The van der Waals surface area contributed by atoms with Crippen LogP contribution in [0, 0.1) is 17.3 Å². The van der Waals surface area contributed by atoms with Crippen molar-refractivity contribution in [3.63, 3.8) is 0 Å².